The van der Waals surface area contributed by atoms with E-state index in [1.165, 1.54) is 45.0 Å². The van der Waals surface area contributed by atoms with Crippen LogP contribution >= 0.6 is 0 Å². The average molecular weight is 301 g/mol. The van der Waals surface area contributed by atoms with Crippen LogP contribution in [0.5, 0.6) is 0 Å². The molecule has 1 saturated carbocycles. The van der Waals surface area contributed by atoms with E-state index in [1.54, 1.807) is 0 Å². The molecule has 2 heterocycles. The number of ether oxygens (including phenoxy) is 1. The molecule has 1 aliphatic carbocycles. The number of hydrogen-bond donors (Lipinski definition) is 1. The predicted molar refractivity (Wildman–Crippen MR) is 86.3 cm³/mol. The van der Waals surface area contributed by atoms with Gasteiger partial charge in [0.2, 0.25) is 0 Å². The molecule has 4 rings (SSSR count). The van der Waals surface area contributed by atoms with Crippen molar-refractivity contribution in [2.75, 3.05) is 33.4 Å². The highest BCUT2D eigenvalue weighted by atomic mass is 16.5. The lowest BCUT2D eigenvalue weighted by Gasteiger charge is -2.33. The number of hydrogen-bond acceptors (Lipinski definition) is 4. The first-order valence-electron chi connectivity index (χ1n) is 8.36. The van der Waals surface area contributed by atoms with Crippen LogP contribution in [0.4, 0.5) is 0 Å². The zero-order valence-electron chi connectivity index (χ0n) is 13.2. The molecule has 1 aromatic carbocycles. The highest BCUT2D eigenvalue weighted by molar-refractivity contribution is 6.59. The number of nitrogens with zero attached hydrogens (tertiary/aromatic N) is 1. The van der Waals surface area contributed by atoms with E-state index < -0.39 is 7.12 Å². The Balaban J connectivity index is 1.47. The molecule has 0 spiro atoms. The first kappa shape index (κ1) is 14.7. The fraction of sp³-hybridized carbons (Fsp3) is 0.647. The third-order valence-electron chi connectivity index (χ3n) is 5.87. The first-order chi connectivity index (χ1) is 10.7. The van der Waals surface area contributed by atoms with Gasteiger partial charge in [0.05, 0.1) is 0 Å². The van der Waals surface area contributed by atoms with Crippen LogP contribution in [-0.4, -0.2) is 56.5 Å². The minimum Gasteiger partial charge on any atom is -0.423 e. The number of piperidine rings is 1. The zero-order chi connectivity index (χ0) is 15.2. The summed E-state index contributed by atoms with van der Waals surface area (Å²) in [7, 11) is 0.709. The lowest BCUT2D eigenvalue weighted by Crippen LogP contribution is -2.40. The summed E-state index contributed by atoms with van der Waals surface area (Å²) in [5, 5.41) is 9.73. The van der Waals surface area contributed by atoms with Gasteiger partial charge in [-0.05, 0) is 36.2 Å². The van der Waals surface area contributed by atoms with E-state index in [0.717, 1.165) is 24.6 Å². The van der Waals surface area contributed by atoms with E-state index in [0.29, 0.717) is 11.5 Å². The van der Waals surface area contributed by atoms with E-state index >= 15 is 0 Å². The summed E-state index contributed by atoms with van der Waals surface area (Å²) in [6.07, 6.45) is 3.68. The highest BCUT2D eigenvalue weighted by Gasteiger charge is 2.61. The molecule has 4 nitrogen and oxygen atoms in total. The largest absolute Gasteiger partial charge is 0.490 e. The quantitative estimate of drug-likeness (QED) is 0.834. The van der Waals surface area contributed by atoms with E-state index in [2.05, 4.69) is 17.0 Å². The van der Waals surface area contributed by atoms with Gasteiger partial charge < -0.3 is 14.4 Å². The van der Waals surface area contributed by atoms with Gasteiger partial charge in [-0.2, -0.15) is 0 Å². The summed E-state index contributed by atoms with van der Waals surface area (Å²) in [5.74, 6) is 0.813. The van der Waals surface area contributed by atoms with Gasteiger partial charge in [-0.15, -0.1) is 0 Å². The van der Waals surface area contributed by atoms with Crippen LogP contribution in [-0.2, 0) is 14.8 Å². The number of benzene rings is 1. The number of rotatable bonds is 4. The fourth-order valence-electron chi connectivity index (χ4n) is 4.41. The van der Waals surface area contributed by atoms with E-state index in [-0.39, 0.29) is 0 Å². The summed E-state index contributed by atoms with van der Waals surface area (Å²) >= 11 is 0. The van der Waals surface area contributed by atoms with Crippen LogP contribution in [0, 0.1) is 5.92 Å². The second-order valence-electron chi connectivity index (χ2n) is 7.04. The molecule has 1 aromatic rings. The maximum Gasteiger partial charge on any atom is 0.490 e. The Morgan fingerprint density at radius 3 is 2.68 bits per heavy atom. The highest BCUT2D eigenvalue weighted by Crippen LogP contribution is 2.59. The van der Waals surface area contributed by atoms with Crippen LogP contribution in [0.3, 0.4) is 0 Å². The molecule has 1 N–H and O–H groups in total. The van der Waals surface area contributed by atoms with Crippen molar-refractivity contribution >= 4 is 12.6 Å². The minimum atomic E-state index is -0.816. The molecule has 22 heavy (non-hydrogen) atoms. The van der Waals surface area contributed by atoms with Crippen molar-refractivity contribution in [1.29, 1.82) is 0 Å². The molecule has 0 aromatic heterocycles. The average Bonchev–Trinajstić information content (AvgIpc) is 3.16. The second kappa shape index (κ2) is 5.64. The van der Waals surface area contributed by atoms with Crippen molar-refractivity contribution in [3.8, 4) is 0 Å². The normalized spacial score (nSPS) is 32.0. The first-order valence-corrected chi connectivity index (χ1v) is 8.36. The monoisotopic (exact) mass is 301 g/mol. The standard InChI is InChI=1S/C17H24BNO3/c1-21-18(20)15-4-2-13(3-5-15)17-10-14(17)11-19(12-17)16-6-8-22-9-7-16/h2-5,14,16,20H,6-12H2,1H3/t14-,17+/m1/s1. The second-order valence-corrected chi connectivity index (χ2v) is 7.04. The number of fused-ring (bicyclic) bond motifs is 1. The van der Waals surface area contributed by atoms with Crippen LogP contribution in [0.15, 0.2) is 24.3 Å². The summed E-state index contributed by atoms with van der Waals surface area (Å²) in [6.45, 7) is 4.27. The van der Waals surface area contributed by atoms with Gasteiger partial charge in [-0.25, -0.2) is 0 Å². The van der Waals surface area contributed by atoms with Crippen molar-refractivity contribution in [3.05, 3.63) is 29.8 Å². The van der Waals surface area contributed by atoms with E-state index in [9.17, 15) is 5.02 Å². The van der Waals surface area contributed by atoms with Gasteiger partial charge in [0.15, 0.2) is 0 Å². The van der Waals surface area contributed by atoms with Crippen molar-refractivity contribution in [3.63, 3.8) is 0 Å². The van der Waals surface area contributed by atoms with Gasteiger partial charge in [-0.1, -0.05) is 24.3 Å². The van der Waals surface area contributed by atoms with Gasteiger partial charge in [-0.3, -0.25) is 4.90 Å². The molecule has 118 valence electrons. The molecule has 0 unspecified atom stereocenters. The van der Waals surface area contributed by atoms with Crippen LogP contribution in [0.2, 0.25) is 0 Å². The van der Waals surface area contributed by atoms with Crippen molar-refractivity contribution < 1.29 is 14.4 Å². The lowest BCUT2D eigenvalue weighted by atomic mass is 9.78. The van der Waals surface area contributed by atoms with Crippen LogP contribution in [0.25, 0.3) is 0 Å². The SMILES string of the molecule is COB(O)c1ccc([C@@]23C[C@@H]2CN(C2CCOCC2)C3)cc1. The molecule has 0 bridgehead atoms. The lowest BCUT2D eigenvalue weighted by molar-refractivity contribution is 0.0378. The van der Waals surface area contributed by atoms with Crippen LogP contribution in [0.1, 0.15) is 24.8 Å². The number of likely N-dealkylation sites (tertiary alicyclic amines) is 1. The van der Waals surface area contributed by atoms with Gasteiger partial charge in [0.1, 0.15) is 0 Å². The van der Waals surface area contributed by atoms with Gasteiger partial charge >= 0.3 is 7.12 Å². The van der Waals surface area contributed by atoms with Crippen molar-refractivity contribution in [2.24, 2.45) is 5.92 Å². The molecule has 2 atom stereocenters. The van der Waals surface area contributed by atoms with E-state index in [1.807, 2.05) is 12.1 Å². The Morgan fingerprint density at radius 2 is 2.00 bits per heavy atom. The molecule has 2 saturated heterocycles. The van der Waals surface area contributed by atoms with E-state index in [4.69, 9.17) is 9.39 Å². The molecule has 2 aliphatic heterocycles. The molecule has 3 aliphatic rings. The summed E-state index contributed by atoms with van der Waals surface area (Å²) in [6, 6.07) is 9.10. The molecule has 0 radical (unpaired) electrons. The maximum absolute atomic E-state index is 9.73. The van der Waals surface area contributed by atoms with Gasteiger partial charge in [0, 0.05) is 44.9 Å². The van der Waals surface area contributed by atoms with Gasteiger partial charge in [0.25, 0.3) is 0 Å². The molecule has 5 heteroatoms. The van der Waals surface area contributed by atoms with Crippen molar-refractivity contribution in [1.82, 2.24) is 4.90 Å². The third kappa shape index (κ3) is 2.40. The Hall–Kier alpha value is -0.875. The third-order valence-corrected chi connectivity index (χ3v) is 5.87. The molecule has 0 amide bonds. The van der Waals surface area contributed by atoms with Crippen LogP contribution < -0.4 is 5.46 Å². The van der Waals surface area contributed by atoms with Crippen molar-refractivity contribution in [2.45, 2.75) is 30.7 Å². The Morgan fingerprint density at radius 1 is 1.27 bits per heavy atom. The molecular formula is C17H24BNO3. The Kier molecular flexibility index (Phi) is 3.77. The maximum atomic E-state index is 9.73. The summed E-state index contributed by atoms with van der Waals surface area (Å²) in [5.41, 5.74) is 2.63. The predicted octanol–water partition coefficient (Wildman–Crippen LogP) is 0.773. The molecule has 3 fully saturated rings. The zero-order valence-corrected chi connectivity index (χ0v) is 13.2. The Bertz CT molecular complexity index is 531. The smallest absolute Gasteiger partial charge is 0.423 e. The Labute approximate surface area is 132 Å². The topological polar surface area (TPSA) is 41.9 Å². The summed E-state index contributed by atoms with van der Waals surface area (Å²) < 4.78 is 10.5. The minimum absolute atomic E-state index is 0.370. The fourth-order valence-corrected chi connectivity index (χ4v) is 4.41. The molecular weight excluding hydrogens is 277 g/mol. The summed E-state index contributed by atoms with van der Waals surface area (Å²) in [4.78, 5) is 2.69.